The van der Waals surface area contributed by atoms with Gasteiger partial charge in [-0.3, -0.25) is 10.2 Å². The molecule has 11 heteroatoms. The van der Waals surface area contributed by atoms with Crippen LogP contribution >= 0.6 is 39.1 Å². The standard InChI is InChI=1S/C32H34BrCl2N3O5/c33-22-6-2-20(3-7-22)19-32(31(41)38-37-24-9-11-25(40)12-10-24)29(27-15-8-23(34)18-28(27)35)43-30(36-32)21-4-13-26(14-5-21)42-17-1-16-39/h2-8,13-15,18,24-25,29,37,39-40H,1,9-12,16-17,19H2,(H,38,41)/t24?,25?,29-,32-/m0/s1. The van der Waals surface area contributed by atoms with Crippen molar-refractivity contribution >= 4 is 50.9 Å². The van der Waals surface area contributed by atoms with Crippen LogP contribution in [0, 0.1) is 0 Å². The van der Waals surface area contributed by atoms with Gasteiger partial charge in [0.2, 0.25) is 5.90 Å². The van der Waals surface area contributed by atoms with Gasteiger partial charge in [-0.1, -0.05) is 57.3 Å². The Morgan fingerprint density at radius 2 is 1.77 bits per heavy atom. The van der Waals surface area contributed by atoms with Gasteiger partial charge < -0.3 is 19.7 Å². The largest absolute Gasteiger partial charge is 0.494 e. The van der Waals surface area contributed by atoms with Gasteiger partial charge in [0.15, 0.2) is 11.6 Å². The number of nitrogens with one attached hydrogen (secondary N) is 2. The molecule has 43 heavy (non-hydrogen) atoms. The van der Waals surface area contributed by atoms with E-state index in [0.717, 1.165) is 22.9 Å². The molecule has 0 aromatic heterocycles. The van der Waals surface area contributed by atoms with E-state index >= 15 is 0 Å². The van der Waals surface area contributed by atoms with Crippen LogP contribution in [-0.4, -0.2) is 52.9 Å². The Bertz CT molecular complexity index is 1430. The van der Waals surface area contributed by atoms with Crippen LogP contribution in [0.3, 0.4) is 0 Å². The van der Waals surface area contributed by atoms with Crippen LogP contribution < -0.4 is 15.6 Å². The Morgan fingerprint density at radius 1 is 1.05 bits per heavy atom. The SMILES string of the molecule is O=C(NNC1CCC(O)CC1)[C@@]1(Cc2ccc(Br)cc2)N=C(c2ccc(OCCCO)cc2)O[C@H]1c1ccc(Cl)cc1Cl. The molecule has 0 saturated heterocycles. The molecule has 1 aliphatic carbocycles. The molecule has 0 spiro atoms. The fourth-order valence-corrected chi connectivity index (χ4v) is 6.15. The Balaban J connectivity index is 1.53. The van der Waals surface area contributed by atoms with Crippen LogP contribution in [0.2, 0.25) is 10.0 Å². The van der Waals surface area contributed by atoms with Crippen molar-refractivity contribution in [2.45, 2.75) is 62.3 Å². The minimum atomic E-state index is -1.43. The maximum Gasteiger partial charge on any atom is 0.266 e. The highest BCUT2D eigenvalue weighted by Gasteiger charge is 2.54. The fourth-order valence-electron chi connectivity index (χ4n) is 5.38. The quantitative estimate of drug-likeness (QED) is 0.146. The van der Waals surface area contributed by atoms with E-state index in [1.54, 1.807) is 30.3 Å². The number of amides is 1. The Kier molecular flexibility index (Phi) is 10.6. The van der Waals surface area contributed by atoms with E-state index in [-0.39, 0.29) is 31.1 Å². The van der Waals surface area contributed by atoms with Crippen molar-refractivity contribution in [2.75, 3.05) is 13.2 Å². The van der Waals surface area contributed by atoms with Gasteiger partial charge in [-0.25, -0.2) is 10.4 Å². The summed E-state index contributed by atoms with van der Waals surface area (Å²) in [7, 11) is 0. The summed E-state index contributed by atoms with van der Waals surface area (Å²) in [5.41, 5.74) is 6.84. The molecule has 4 N–H and O–H groups in total. The highest BCUT2D eigenvalue weighted by Crippen LogP contribution is 2.45. The molecule has 3 aromatic rings. The maximum absolute atomic E-state index is 14.4. The topological polar surface area (TPSA) is 112 Å². The maximum atomic E-state index is 14.4. The third-order valence-electron chi connectivity index (χ3n) is 7.75. The summed E-state index contributed by atoms with van der Waals surface area (Å²) < 4.78 is 13.2. The molecule has 8 nitrogen and oxygen atoms in total. The number of aliphatic hydroxyl groups excluding tert-OH is 2. The second kappa shape index (κ2) is 14.4. The summed E-state index contributed by atoms with van der Waals surface area (Å²) >= 11 is 16.5. The fraction of sp³-hybridized carbons (Fsp3) is 0.375. The minimum Gasteiger partial charge on any atom is -0.494 e. The van der Waals surface area contributed by atoms with Crippen LogP contribution in [0.1, 0.15) is 54.9 Å². The summed E-state index contributed by atoms with van der Waals surface area (Å²) in [4.78, 5) is 19.4. The summed E-state index contributed by atoms with van der Waals surface area (Å²) in [5, 5.41) is 19.8. The molecule has 0 unspecified atom stereocenters. The van der Waals surface area contributed by atoms with Gasteiger partial charge in [0.05, 0.1) is 12.7 Å². The van der Waals surface area contributed by atoms with Crippen molar-refractivity contribution in [1.82, 2.24) is 10.9 Å². The van der Waals surface area contributed by atoms with E-state index in [9.17, 15) is 9.90 Å². The van der Waals surface area contributed by atoms with E-state index in [1.165, 1.54) is 0 Å². The number of halogens is 3. The van der Waals surface area contributed by atoms with Gasteiger partial charge in [0, 0.05) is 51.1 Å². The first-order chi connectivity index (χ1) is 20.8. The molecule has 0 radical (unpaired) electrons. The number of hydrogen-bond acceptors (Lipinski definition) is 7. The molecule has 2 aliphatic rings. The van der Waals surface area contributed by atoms with Crippen LogP contribution in [0.4, 0.5) is 0 Å². The molecule has 1 fully saturated rings. The smallest absolute Gasteiger partial charge is 0.266 e. The number of carbonyl (C=O) groups excluding carboxylic acids is 1. The first kappa shape index (κ1) is 31.8. The van der Waals surface area contributed by atoms with Crippen molar-refractivity contribution in [2.24, 2.45) is 4.99 Å². The molecule has 228 valence electrons. The summed E-state index contributed by atoms with van der Waals surface area (Å²) in [6.45, 7) is 0.450. The number of aliphatic imine (C=N–C) groups is 1. The predicted molar refractivity (Wildman–Crippen MR) is 171 cm³/mol. The molecule has 2 atom stereocenters. The van der Waals surface area contributed by atoms with E-state index in [4.69, 9.17) is 42.8 Å². The summed E-state index contributed by atoms with van der Waals surface area (Å²) in [6, 6.07) is 20.1. The lowest BCUT2D eigenvalue weighted by Crippen LogP contribution is -2.56. The molecule has 3 aromatic carbocycles. The van der Waals surface area contributed by atoms with Gasteiger partial charge in [0.25, 0.3) is 5.91 Å². The van der Waals surface area contributed by atoms with Crippen molar-refractivity contribution in [3.63, 3.8) is 0 Å². The normalized spacial score (nSPS) is 23.4. The molecule has 1 aliphatic heterocycles. The number of ether oxygens (including phenoxy) is 2. The molecule has 1 heterocycles. The Morgan fingerprint density at radius 3 is 2.44 bits per heavy atom. The van der Waals surface area contributed by atoms with Gasteiger partial charge >= 0.3 is 0 Å². The Hall–Kier alpha value is -2.66. The van der Waals surface area contributed by atoms with Crippen molar-refractivity contribution in [3.05, 3.63) is 97.9 Å². The third-order valence-corrected chi connectivity index (χ3v) is 8.84. The average molecular weight is 691 g/mol. The van der Waals surface area contributed by atoms with E-state index < -0.39 is 11.6 Å². The first-order valence-electron chi connectivity index (χ1n) is 14.3. The lowest BCUT2D eigenvalue weighted by molar-refractivity contribution is -0.130. The van der Waals surface area contributed by atoms with E-state index in [2.05, 4.69) is 26.8 Å². The summed E-state index contributed by atoms with van der Waals surface area (Å²) in [5.74, 6) is 0.580. The second-order valence-electron chi connectivity index (χ2n) is 10.9. The zero-order valence-corrected chi connectivity index (χ0v) is 26.5. The molecule has 0 bridgehead atoms. The molecular formula is C32H34BrCl2N3O5. The lowest BCUT2D eigenvalue weighted by Gasteiger charge is -2.33. The number of hydrogen-bond donors (Lipinski definition) is 4. The Labute approximate surface area is 269 Å². The van der Waals surface area contributed by atoms with Gasteiger partial charge in [-0.05, 0) is 79.8 Å². The van der Waals surface area contributed by atoms with Crippen LogP contribution in [0.5, 0.6) is 5.75 Å². The molecule has 1 amide bonds. The number of carbonyl (C=O) groups is 1. The number of aliphatic hydroxyl groups is 2. The van der Waals surface area contributed by atoms with Gasteiger partial charge in [-0.2, -0.15) is 0 Å². The first-order valence-corrected chi connectivity index (χ1v) is 15.9. The van der Waals surface area contributed by atoms with Gasteiger partial charge in [-0.15, -0.1) is 0 Å². The van der Waals surface area contributed by atoms with Crippen LogP contribution in [0.15, 0.2) is 76.2 Å². The predicted octanol–water partition coefficient (Wildman–Crippen LogP) is 5.94. The number of nitrogens with zero attached hydrogens (tertiary/aromatic N) is 1. The highest BCUT2D eigenvalue weighted by molar-refractivity contribution is 9.10. The molecule has 5 rings (SSSR count). The third kappa shape index (κ3) is 7.71. The number of rotatable bonds is 11. The van der Waals surface area contributed by atoms with E-state index in [0.29, 0.717) is 58.7 Å². The van der Waals surface area contributed by atoms with Crippen LogP contribution in [-0.2, 0) is 16.0 Å². The summed E-state index contributed by atoms with van der Waals surface area (Å²) in [6.07, 6.45) is 2.41. The minimum absolute atomic E-state index is 0.0267. The average Bonchev–Trinajstić information content (AvgIpc) is 3.38. The number of hydrazine groups is 1. The highest BCUT2D eigenvalue weighted by atomic mass is 79.9. The number of benzene rings is 3. The lowest BCUT2D eigenvalue weighted by atomic mass is 9.82. The van der Waals surface area contributed by atoms with Gasteiger partial charge in [0.1, 0.15) is 5.75 Å². The van der Waals surface area contributed by atoms with Crippen molar-refractivity contribution in [3.8, 4) is 5.75 Å². The zero-order valence-electron chi connectivity index (χ0n) is 23.4. The molecule has 1 saturated carbocycles. The monoisotopic (exact) mass is 689 g/mol. The van der Waals surface area contributed by atoms with E-state index in [1.807, 2.05) is 36.4 Å². The van der Waals surface area contributed by atoms with Crippen LogP contribution in [0.25, 0.3) is 0 Å². The molecular weight excluding hydrogens is 657 g/mol. The second-order valence-corrected chi connectivity index (χ2v) is 12.6. The zero-order chi connectivity index (χ0) is 30.4. The van der Waals surface area contributed by atoms with Crippen molar-refractivity contribution < 1.29 is 24.5 Å². The van der Waals surface area contributed by atoms with Crippen molar-refractivity contribution in [1.29, 1.82) is 0 Å².